The van der Waals surface area contributed by atoms with Crippen LogP contribution in [0, 0.1) is 6.92 Å². The predicted molar refractivity (Wildman–Crippen MR) is 69.4 cm³/mol. The number of benzene rings is 1. The first kappa shape index (κ1) is 13.6. The minimum absolute atomic E-state index is 0.0811. The fourth-order valence-corrected chi connectivity index (χ4v) is 1.77. The molecule has 0 bridgehead atoms. The maximum atomic E-state index is 11.1. The highest BCUT2D eigenvalue weighted by molar-refractivity contribution is 6.31. The van der Waals surface area contributed by atoms with Crippen molar-refractivity contribution in [2.24, 2.45) is 0 Å². The smallest absolute Gasteiger partial charge is 0.373 e. The van der Waals surface area contributed by atoms with Gasteiger partial charge in [0.05, 0.1) is 6.61 Å². The lowest BCUT2D eigenvalue weighted by molar-refractivity contribution is 0.0656. The molecule has 6 heteroatoms. The number of rotatable bonds is 4. The first-order chi connectivity index (χ1) is 9.02. The van der Waals surface area contributed by atoms with Crippen LogP contribution in [0.4, 0.5) is 0 Å². The molecule has 2 aromatic rings. The van der Waals surface area contributed by atoms with Gasteiger partial charge in [-0.1, -0.05) is 11.6 Å². The maximum Gasteiger partial charge on any atom is 0.373 e. The molecular weight excluding hydrogens is 270 g/mol. The van der Waals surface area contributed by atoms with Gasteiger partial charge in [0.2, 0.25) is 11.7 Å². The molecule has 1 heterocycles. The zero-order valence-corrected chi connectivity index (χ0v) is 11.2. The average molecular weight is 282 g/mol. The van der Waals surface area contributed by atoms with Gasteiger partial charge in [-0.3, -0.25) is 0 Å². The van der Waals surface area contributed by atoms with Gasteiger partial charge in [-0.2, -0.15) is 0 Å². The van der Waals surface area contributed by atoms with Crippen molar-refractivity contribution in [1.29, 1.82) is 0 Å². The Morgan fingerprint density at radius 1 is 1.53 bits per heavy atom. The van der Waals surface area contributed by atoms with Gasteiger partial charge in [0.15, 0.2) is 0 Å². The van der Waals surface area contributed by atoms with E-state index in [1.807, 2.05) is 6.92 Å². The predicted octanol–water partition coefficient (Wildman–Crippen LogP) is 3.15. The van der Waals surface area contributed by atoms with Crippen molar-refractivity contribution in [3.63, 3.8) is 0 Å². The number of hydrogen-bond donors (Lipinski definition) is 1. The molecule has 0 saturated carbocycles. The summed E-state index contributed by atoms with van der Waals surface area (Å²) in [6.45, 7) is 1.93. The first-order valence-corrected chi connectivity index (χ1v) is 5.89. The monoisotopic (exact) mass is 281 g/mol. The Balaban J connectivity index is 2.47. The summed E-state index contributed by atoms with van der Waals surface area (Å²) in [5.74, 6) is -1.13. The normalized spacial score (nSPS) is 10.7. The molecule has 0 radical (unpaired) electrons. The number of methoxy groups -OCH3 is 1. The molecule has 0 aliphatic carbocycles. The Kier molecular flexibility index (Phi) is 3.87. The van der Waals surface area contributed by atoms with E-state index in [1.165, 1.54) is 7.11 Å². The van der Waals surface area contributed by atoms with Crippen LogP contribution in [0.15, 0.2) is 22.6 Å². The lowest BCUT2D eigenvalue weighted by Crippen LogP contribution is -2.00. The number of oxazole rings is 1. The number of ether oxygens (including phenoxy) is 1. The van der Waals surface area contributed by atoms with Crippen molar-refractivity contribution in [2.45, 2.75) is 13.5 Å². The van der Waals surface area contributed by atoms with E-state index in [1.54, 1.807) is 18.2 Å². The van der Waals surface area contributed by atoms with Crippen LogP contribution in [0.3, 0.4) is 0 Å². The molecule has 5 nitrogen and oxygen atoms in total. The quantitative estimate of drug-likeness (QED) is 0.932. The Bertz CT molecular complexity index is 621. The van der Waals surface area contributed by atoms with Crippen LogP contribution in [-0.2, 0) is 11.3 Å². The number of carbonyl (C=O) groups is 1. The second-order valence-corrected chi connectivity index (χ2v) is 4.40. The number of carboxylic acids is 1. The Hall–Kier alpha value is -1.85. The maximum absolute atomic E-state index is 11.1. The number of aromatic carboxylic acids is 1. The molecular formula is C13H12ClNO4. The molecule has 1 aromatic heterocycles. The summed E-state index contributed by atoms with van der Waals surface area (Å²) in [5.41, 5.74) is 1.80. The number of aromatic nitrogens is 1. The molecule has 0 saturated heterocycles. The second kappa shape index (κ2) is 5.42. The molecule has 0 aliphatic rings. The highest BCUT2D eigenvalue weighted by Gasteiger charge is 2.20. The van der Waals surface area contributed by atoms with E-state index in [9.17, 15) is 4.79 Å². The van der Waals surface area contributed by atoms with Crippen molar-refractivity contribution in [3.8, 4) is 11.5 Å². The van der Waals surface area contributed by atoms with Crippen LogP contribution in [-0.4, -0.2) is 23.2 Å². The number of carboxylic acid groups (broad SMARTS) is 1. The lowest BCUT2D eigenvalue weighted by Gasteiger charge is -1.99. The van der Waals surface area contributed by atoms with Gasteiger partial charge < -0.3 is 14.3 Å². The molecule has 1 N–H and O–H groups in total. The van der Waals surface area contributed by atoms with E-state index >= 15 is 0 Å². The molecule has 19 heavy (non-hydrogen) atoms. The van der Waals surface area contributed by atoms with E-state index in [2.05, 4.69) is 4.98 Å². The number of halogens is 1. The molecule has 2 rings (SSSR count). The molecule has 0 aliphatic heterocycles. The van der Waals surface area contributed by atoms with Crippen molar-refractivity contribution >= 4 is 17.6 Å². The van der Waals surface area contributed by atoms with E-state index in [4.69, 9.17) is 25.9 Å². The molecule has 1 aromatic carbocycles. The summed E-state index contributed by atoms with van der Waals surface area (Å²) >= 11 is 5.94. The molecule has 0 amide bonds. The molecule has 100 valence electrons. The zero-order valence-electron chi connectivity index (χ0n) is 10.4. The van der Waals surface area contributed by atoms with Gasteiger partial charge in [0, 0.05) is 17.7 Å². The van der Waals surface area contributed by atoms with Crippen LogP contribution in [0.1, 0.15) is 21.8 Å². The zero-order chi connectivity index (χ0) is 14.0. The van der Waals surface area contributed by atoms with E-state index in [0.717, 1.165) is 5.56 Å². The molecule has 0 fully saturated rings. The summed E-state index contributed by atoms with van der Waals surface area (Å²) in [7, 11) is 1.46. The van der Waals surface area contributed by atoms with Crippen molar-refractivity contribution < 1.29 is 19.1 Å². The molecule has 0 atom stereocenters. The summed E-state index contributed by atoms with van der Waals surface area (Å²) in [6, 6.07) is 5.23. The van der Waals surface area contributed by atoms with Gasteiger partial charge in [0.25, 0.3) is 0 Å². The third kappa shape index (κ3) is 2.77. The van der Waals surface area contributed by atoms with Crippen LogP contribution in [0.2, 0.25) is 5.02 Å². The standard InChI is InChI=1S/C13H12ClNO4/c1-7-5-8(3-4-9(7)14)12-15-10(6-18-2)11(19-12)13(16)17/h3-5H,6H2,1-2H3,(H,16,17). The topological polar surface area (TPSA) is 72.6 Å². The number of aryl methyl sites for hydroxylation is 1. The van der Waals surface area contributed by atoms with E-state index in [-0.39, 0.29) is 24.0 Å². The number of hydrogen-bond acceptors (Lipinski definition) is 4. The fourth-order valence-electron chi connectivity index (χ4n) is 1.65. The SMILES string of the molecule is COCc1nc(-c2ccc(Cl)c(C)c2)oc1C(=O)O. The van der Waals surface area contributed by atoms with Crippen LogP contribution >= 0.6 is 11.6 Å². The summed E-state index contributed by atoms with van der Waals surface area (Å²) in [6.07, 6.45) is 0. The van der Waals surface area contributed by atoms with Crippen LogP contribution in [0.25, 0.3) is 11.5 Å². The van der Waals surface area contributed by atoms with E-state index in [0.29, 0.717) is 10.6 Å². The Labute approximate surface area is 114 Å². The van der Waals surface area contributed by atoms with E-state index < -0.39 is 5.97 Å². The van der Waals surface area contributed by atoms with Gasteiger partial charge in [-0.05, 0) is 30.7 Å². The Morgan fingerprint density at radius 2 is 2.26 bits per heavy atom. The van der Waals surface area contributed by atoms with Gasteiger partial charge in [-0.15, -0.1) is 0 Å². The van der Waals surface area contributed by atoms with Gasteiger partial charge in [-0.25, -0.2) is 9.78 Å². The second-order valence-electron chi connectivity index (χ2n) is 4.00. The third-order valence-corrected chi connectivity index (χ3v) is 3.00. The average Bonchev–Trinajstić information content (AvgIpc) is 2.77. The highest BCUT2D eigenvalue weighted by Crippen LogP contribution is 2.26. The van der Waals surface area contributed by atoms with Crippen molar-refractivity contribution in [1.82, 2.24) is 4.98 Å². The van der Waals surface area contributed by atoms with Crippen LogP contribution in [0.5, 0.6) is 0 Å². The van der Waals surface area contributed by atoms with Crippen LogP contribution < -0.4 is 0 Å². The lowest BCUT2D eigenvalue weighted by atomic mass is 10.1. The largest absolute Gasteiger partial charge is 0.475 e. The van der Waals surface area contributed by atoms with Gasteiger partial charge >= 0.3 is 5.97 Å². The Morgan fingerprint density at radius 3 is 2.84 bits per heavy atom. The highest BCUT2D eigenvalue weighted by atomic mass is 35.5. The molecule has 0 spiro atoms. The fraction of sp³-hybridized carbons (Fsp3) is 0.231. The minimum atomic E-state index is -1.17. The van der Waals surface area contributed by atoms with Crippen molar-refractivity contribution in [3.05, 3.63) is 40.2 Å². The van der Waals surface area contributed by atoms with Crippen molar-refractivity contribution in [2.75, 3.05) is 7.11 Å². The minimum Gasteiger partial charge on any atom is -0.475 e. The molecule has 0 unspecified atom stereocenters. The third-order valence-electron chi connectivity index (χ3n) is 2.58. The summed E-state index contributed by atoms with van der Waals surface area (Å²) in [5, 5.41) is 9.67. The summed E-state index contributed by atoms with van der Waals surface area (Å²) in [4.78, 5) is 15.2. The summed E-state index contributed by atoms with van der Waals surface area (Å²) < 4.78 is 10.2. The number of nitrogens with zero attached hydrogens (tertiary/aromatic N) is 1. The first-order valence-electron chi connectivity index (χ1n) is 5.51. The van der Waals surface area contributed by atoms with Gasteiger partial charge in [0.1, 0.15) is 5.69 Å².